The van der Waals surface area contributed by atoms with Gasteiger partial charge in [0.05, 0.1) is 17.8 Å². The van der Waals surface area contributed by atoms with Gasteiger partial charge in [0.15, 0.2) is 0 Å². The van der Waals surface area contributed by atoms with Gasteiger partial charge in [0.2, 0.25) is 5.78 Å². The molecular formula is C15H24ClN3O2. The van der Waals surface area contributed by atoms with E-state index in [1.54, 1.807) is 10.9 Å². The molecule has 0 spiro atoms. The highest BCUT2D eigenvalue weighted by atomic mass is 35.5. The van der Waals surface area contributed by atoms with Crippen molar-refractivity contribution in [2.75, 3.05) is 27.2 Å². The number of carbonyl (C=O) groups is 1. The molecule has 0 aliphatic heterocycles. The number of Topliss-reactive ketones (excluding diaryl/α,β-unsaturated/α-hetero) is 1. The molecule has 2 rings (SSSR count). The van der Waals surface area contributed by atoms with Gasteiger partial charge in [0, 0.05) is 13.2 Å². The Labute approximate surface area is 131 Å². The molecule has 0 bridgehead atoms. The van der Waals surface area contributed by atoms with Crippen molar-refractivity contribution in [2.45, 2.75) is 44.8 Å². The lowest BCUT2D eigenvalue weighted by molar-refractivity contribution is -0.0171. The lowest BCUT2D eigenvalue weighted by atomic mass is 9.93. The minimum absolute atomic E-state index is 0.0110. The summed E-state index contributed by atoms with van der Waals surface area (Å²) in [5, 5.41) is 4.67. The minimum atomic E-state index is -0.700. The quantitative estimate of drug-likeness (QED) is 0.726. The molecule has 0 aromatic carbocycles. The molecule has 118 valence electrons. The Morgan fingerprint density at radius 1 is 1.48 bits per heavy atom. The third-order valence-electron chi connectivity index (χ3n) is 4.01. The van der Waals surface area contributed by atoms with E-state index in [4.69, 9.17) is 16.3 Å². The van der Waals surface area contributed by atoms with E-state index >= 15 is 0 Å². The Bertz CT molecular complexity index is 493. The number of likely N-dealkylation sites (N-methyl/N-ethyl adjacent to an activating group) is 1. The van der Waals surface area contributed by atoms with Crippen molar-refractivity contribution in [1.82, 2.24) is 14.7 Å². The van der Waals surface area contributed by atoms with Crippen LogP contribution in [0.1, 0.15) is 43.1 Å². The molecule has 0 unspecified atom stereocenters. The van der Waals surface area contributed by atoms with Crippen LogP contribution in [-0.4, -0.2) is 53.3 Å². The first kappa shape index (κ1) is 16.5. The van der Waals surface area contributed by atoms with Gasteiger partial charge in [0.1, 0.15) is 11.3 Å². The zero-order valence-corrected chi connectivity index (χ0v) is 13.8. The second-order valence-electron chi connectivity index (χ2n) is 5.83. The summed E-state index contributed by atoms with van der Waals surface area (Å²) in [4.78, 5) is 15.1. The maximum atomic E-state index is 13.0. The number of halogens is 1. The summed E-state index contributed by atoms with van der Waals surface area (Å²) in [7, 11) is 3.98. The van der Waals surface area contributed by atoms with Crippen LogP contribution in [0.5, 0.6) is 0 Å². The third kappa shape index (κ3) is 3.47. The fourth-order valence-corrected chi connectivity index (χ4v) is 3.15. The smallest absolute Gasteiger partial charge is 0.214 e. The zero-order valence-electron chi connectivity index (χ0n) is 13.1. The summed E-state index contributed by atoms with van der Waals surface area (Å²) in [6, 6.07) is 0. The SMILES string of the molecule is CCOC1(C(=O)c2c(Cl)cnn2CCN(C)C)CCCC1. The number of aromatic nitrogens is 2. The number of rotatable bonds is 7. The van der Waals surface area contributed by atoms with Crippen molar-refractivity contribution in [3.63, 3.8) is 0 Å². The highest BCUT2D eigenvalue weighted by molar-refractivity contribution is 6.34. The highest BCUT2D eigenvalue weighted by Gasteiger charge is 2.44. The van der Waals surface area contributed by atoms with Gasteiger partial charge in [-0.2, -0.15) is 5.10 Å². The van der Waals surface area contributed by atoms with Gasteiger partial charge < -0.3 is 9.64 Å². The number of hydrogen-bond donors (Lipinski definition) is 0. The van der Waals surface area contributed by atoms with Gasteiger partial charge in [-0.3, -0.25) is 9.48 Å². The molecule has 1 saturated carbocycles. The monoisotopic (exact) mass is 313 g/mol. The zero-order chi connectivity index (χ0) is 15.5. The number of ether oxygens (including phenoxy) is 1. The van der Waals surface area contributed by atoms with Crippen molar-refractivity contribution in [3.8, 4) is 0 Å². The largest absolute Gasteiger partial charge is 0.367 e. The molecule has 0 radical (unpaired) electrons. The van der Waals surface area contributed by atoms with Gasteiger partial charge in [-0.1, -0.05) is 11.6 Å². The van der Waals surface area contributed by atoms with E-state index in [2.05, 4.69) is 10.00 Å². The van der Waals surface area contributed by atoms with Crippen LogP contribution in [0, 0.1) is 0 Å². The Hall–Kier alpha value is -0.910. The first-order valence-corrected chi connectivity index (χ1v) is 7.93. The van der Waals surface area contributed by atoms with Crippen molar-refractivity contribution >= 4 is 17.4 Å². The number of hydrogen-bond acceptors (Lipinski definition) is 4. The molecular weight excluding hydrogens is 290 g/mol. The number of nitrogens with zero attached hydrogens (tertiary/aromatic N) is 3. The molecule has 5 nitrogen and oxygen atoms in total. The Morgan fingerprint density at radius 2 is 2.14 bits per heavy atom. The van der Waals surface area contributed by atoms with Crippen LogP contribution in [0.2, 0.25) is 5.02 Å². The van der Waals surface area contributed by atoms with Crippen LogP contribution >= 0.6 is 11.6 Å². The summed E-state index contributed by atoms with van der Waals surface area (Å²) < 4.78 is 7.56. The van der Waals surface area contributed by atoms with Crippen LogP contribution in [0.15, 0.2) is 6.20 Å². The van der Waals surface area contributed by atoms with Crippen LogP contribution < -0.4 is 0 Å². The topological polar surface area (TPSA) is 47.4 Å². The van der Waals surface area contributed by atoms with Crippen molar-refractivity contribution in [3.05, 3.63) is 16.9 Å². The number of ketones is 1. The normalized spacial score (nSPS) is 17.6. The predicted molar refractivity (Wildman–Crippen MR) is 82.9 cm³/mol. The van der Waals surface area contributed by atoms with Crippen molar-refractivity contribution < 1.29 is 9.53 Å². The van der Waals surface area contributed by atoms with Gasteiger partial charge in [-0.25, -0.2) is 0 Å². The second-order valence-corrected chi connectivity index (χ2v) is 6.24. The highest BCUT2D eigenvalue weighted by Crippen LogP contribution is 2.37. The molecule has 1 heterocycles. The van der Waals surface area contributed by atoms with E-state index in [0.717, 1.165) is 32.2 Å². The summed E-state index contributed by atoms with van der Waals surface area (Å²) in [5.41, 5.74) is -0.206. The van der Waals surface area contributed by atoms with Crippen LogP contribution in [0.25, 0.3) is 0 Å². The molecule has 21 heavy (non-hydrogen) atoms. The van der Waals surface area contributed by atoms with E-state index in [-0.39, 0.29) is 5.78 Å². The van der Waals surface area contributed by atoms with Crippen molar-refractivity contribution in [2.24, 2.45) is 0 Å². The number of carbonyl (C=O) groups excluding carboxylic acids is 1. The maximum Gasteiger partial charge on any atom is 0.214 e. The van der Waals surface area contributed by atoms with E-state index in [1.807, 2.05) is 21.0 Å². The standard InChI is InChI=1S/C15H24ClN3O2/c1-4-21-15(7-5-6-8-15)14(20)13-12(16)11-17-19(13)10-9-18(2)3/h11H,4-10H2,1-3H3. The molecule has 0 atom stereocenters. The van der Waals surface area contributed by atoms with Gasteiger partial charge in [0.25, 0.3) is 0 Å². The lowest BCUT2D eigenvalue weighted by Gasteiger charge is -2.27. The Kier molecular flexibility index (Phi) is 5.41. The molecule has 1 aromatic heterocycles. The van der Waals surface area contributed by atoms with Crippen LogP contribution in [-0.2, 0) is 11.3 Å². The summed E-state index contributed by atoms with van der Waals surface area (Å²) in [6.07, 6.45) is 5.15. The van der Waals surface area contributed by atoms with Crippen LogP contribution in [0.4, 0.5) is 0 Å². The molecule has 1 fully saturated rings. The molecule has 1 aromatic rings. The van der Waals surface area contributed by atoms with Crippen LogP contribution in [0.3, 0.4) is 0 Å². The fraction of sp³-hybridized carbons (Fsp3) is 0.733. The molecule has 0 N–H and O–H groups in total. The molecule has 6 heteroatoms. The maximum absolute atomic E-state index is 13.0. The summed E-state index contributed by atoms with van der Waals surface area (Å²) in [6.45, 7) is 3.91. The predicted octanol–water partition coefficient (Wildman–Crippen LogP) is 2.63. The first-order chi connectivity index (χ1) is 10.00. The van der Waals surface area contributed by atoms with Gasteiger partial charge in [-0.05, 0) is 46.7 Å². The third-order valence-corrected chi connectivity index (χ3v) is 4.29. The summed E-state index contributed by atoms with van der Waals surface area (Å²) in [5.74, 6) is -0.0110. The van der Waals surface area contributed by atoms with E-state index in [0.29, 0.717) is 23.9 Å². The Balaban J connectivity index is 2.27. The average molecular weight is 314 g/mol. The minimum Gasteiger partial charge on any atom is -0.367 e. The van der Waals surface area contributed by atoms with E-state index in [9.17, 15) is 4.79 Å². The molecule has 0 saturated heterocycles. The fourth-order valence-electron chi connectivity index (χ4n) is 2.93. The average Bonchev–Trinajstić information content (AvgIpc) is 3.04. The summed E-state index contributed by atoms with van der Waals surface area (Å²) >= 11 is 6.22. The van der Waals surface area contributed by atoms with E-state index in [1.165, 1.54) is 0 Å². The molecule has 0 amide bonds. The lowest BCUT2D eigenvalue weighted by Crippen LogP contribution is -2.40. The molecule has 1 aliphatic carbocycles. The Morgan fingerprint density at radius 3 is 2.71 bits per heavy atom. The van der Waals surface area contributed by atoms with E-state index < -0.39 is 5.60 Å². The van der Waals surface area contributed by atoms with Gasteiger partial charge >= 0.3 is 0 Å². The van der Waals surface area contributed by atoms with Gasteiger partial charge in [-0.15, -0.1) is 0 Å². The molecule has 1 aliphatic rings. The first-order valence-electron chi connectivity index (χ1n) is 7.55. The van der Waals surface area contributed by atoms with Crippen molar-refractivity contribution in [1.29, 1.82) is 0 Å². The second kappa shape index (κ2) is 6.90.